The second-order valence-corrected chi connectivity index (χ2v) is 3.60. The lowest BCUT2D eigenvalue weighted by Gasteiger charge is -2.18. The SMILES string of the molecule is CCOC(CCC1(O)CC1)OCC. The van der Waals surface area contributed by atoms with Gasteiger partial charge in [-0.25, -0.2) is 0 Å². The van der Waals surface area contributed by atoms with Crippen molar-refractivity contribution < 1.29 is 14.6 Å². The van der Waals surface area contributed by atoms with E-state index >= 15 is 0 Å². The maximum Gasteiger partial charge on any atom is 0.157 e. The summed E-state index contributed by atoms with van der Waals surface area (Å²) in [7, 11) is 0. The maximum atomic E-state index is 9.60. The van der Waals surface area contributed by atoms with Gasteiger partial charge in [-0.3, -0.25) is 0 Å². The quantitative estimate of drug-likeness (QED) is 0.618. The molecule has 0 aromatic rings. The van der Waals surface area contributed by atoms with Gasteiger partial charge < -0.3 is 14.6 Å². The van der Waals surface area contributed by atoms with E-state index in [-0.39, 0.29) is 11.9 Å². The molecule has 0 heterocycles. The fraction of sp³-hybridized carbons (Fsp3) is 1.00. The van der Waals surface area contributed by atoms with Crippen LogP contribution in [0.5, 0.6) is 0 Å². The largest absolute Gasteiger partial charge is 0.390 e. The Morgan fingerprint density at radius 3 is 2.15 bits per heavy atom. The minimum atomic E-state index is -0.382. The molecule has 1 fully saturated rings. The minimum Gasteiger partial charge on any atom is -0.390 e. The lowest BCUT2D eigenvalue weighted by molar-refractivity contribution is -0.143. The van der Waals surface area contributed by atoms with E-state index in [4.69, 9.17) is 9.47 Å². The first-order valence-electron chi connectivity index (χ1n) is 5.16. The van der Waals surface area contributed by atoms with E-state index in [2.05, 4.69) is 0 Å². The molecule has 0 unspecified atom stereocenters. The predicted octanol–water partition coefficient (Wildman–Crippen LogP) is 1.69. The highest BCUT2D eigenvalue weighted by atomic mass is 16.7. The first-order valence-corrected chi connectivity index (χ1v) is 5.16. The van der Waals surface area contributed by atoms with E-state index in [1.165, 1.54) is 0 Å². The van der Waals surface area contributed by atoms with Crippen LogP contribution in [-0.2, 0) is 9.47 Å². The molecule has 3 nitrogen and oxygen atoms in total. The van der Waals surface area contributed by atoms with E-state index < -0.39 is 0 Å². The molecule has 78 valence electrons. The van der Waals surface area contributed by atoms with Crippen molar-refractivity contribution in [1.82, 2.24) is 0 Å². The van der Waals surface area contributed by atoms with E-state index in [1.807, 2.05) is 13.8 Å². The van der Waals surface area contributed by atoms with Gasteiger partial charge in [0, 0.05) is 19.6 Å². The Bertz CT molecular complexity index is 137. The predicted molar refractivity (Wildman–Crippen MR) is 50.5 cm³/mol. The van der Waals surface area contributed by atoms with Gasteiger partial charge >= 0.3 is 0 Å². The van der Waals surface area contributed by atoms with Crippen LogP contribution in [-0.4, -0.2) is 30.2 Å². The van der Waals surface area contributed by atoms with Crippen molar-refractivity contribution in [3.05, 3.63) is 0 Å². The molecule has 0 radical (unpaired) electrons. The molecule has 0 bridgehead atoms. The van der Waals surface area contributed by atoms with Crippen molar-refractivity contribution in [2.45, 2.75) is 51.4 Å². The topological polar surface area (TPSA) is 38.7 Å². The molecular formula is C10H20O3. The molecule has 0 aromatic carbocycles. The Labute approximate surface area is 80.0 Å². The summed E-state index contributed by atoms with van der Waals surface area (Å²) in [6, 6.07) is 0. The van der Waals surface area contributed by atoms with Gasteiger partial charge in [0.25, 0.3) is 0 Å². The van der Waals surface area contributed by atoms with Gasteiger partial charge in [-0.05, 0) is 33.1 Å². The summed E-state index contributed by atoms with van der Waals surface area (Å²) in [5.41, 5.74) is -0.382. The summed E-state index contributed by atoms with van der Waals surface area (Å²) in [6.07, 6.45) is 3.37. The van der Waals surface area contributed by atoms with E-state index in [1.54, 1.807) is 0 Å². The number of rotatable bonds is 7. The third kappa shape index (κ3) is 4.07. The van der Waals surface area contributed by atoms with Crippen molar-refractivity contribution >= 4 is 0 Å². The van der Waals surface area contributed by atoms with Crippen LogP contribution in [0.4, 0.5) is 0 Å². The monoisotopic (exact) mass is 188 g/mol. The average molecular weight is 188 g/mol. The van der Waals surface area contributed by atoms with Crippen molar-refractivity contribution in [1.29, 1.82) is 0 Å². The Kier molecular flexibility index (Phi) is 4.16. The lowest BCUT2D eigenvalue weighted by atomic mass is 10.2. The zero-order chi connectivity index (χ0) is 9.73. The van der Waals surface area contributed by atoms with Crippen LogP contribution in [0.1, 0.15) is 39.5 Å². The second kappa shape index (κ2) is 4.94. The van der Waals surface area contributed by atoms with Crippen molar-refractivity contribution in [3.63, 3.8) is 0 Å². The highest BCUT2D eigenvalue weighted by Crippen LogP contribution is 2.39. The van der Waals surface area contributed by atoms with Crippen LogP contribution in [0.25, 0.3) is 0 Å². The number of ether oxygens (including phenoxy) is 2. The summed E-state index contributed by atoms with van der Waals surface area (Å²) < 4.78 is 10.7. The van der Waals surface area contributed by atoms with E-state index in [9.17, 15) is 5.11 Å². The summed E-state index contributed by atoms with van der Waals surface area (Å²) in [6.45, 7) is 5.25. The third-order valence-electron chi connectivity index (χ3n) is 2.38. The van der Waals surface area contributed by atoms with E-state index in [0.717, 1.165) is 25.7 Å². The van der Waals surface area contributed by atoms with Crippen molar-refractivity contribution in [2.24, 2.45) is 0 Å². The Morgan fingerprint density at radius 2 is 1.77 bits per heavy atom. The van der Waals surface area contributed by atoms with Crippen LogP contribution < -0.4 is 0 Å². The number of hydrogen-bond donors (Lipinski definition) is 1. The minimum absolute atomic E-state index is 0.125. The van der Waals surface area contributed by atoms with Crippen LogP contribution >= 0.6 is 0 Å². The van der Waals surface area contributed by atoms with Gasteiger partial charge in [0.05, 0.1) is 5.60 Å². The maximum absolute atomic E-state index is 9.60. The second-order valence-electron chi connectivity index (χ2n) is 3.60. The molecule has 0 aliphatic heterocycles. The first kappa shape index (κ1) is 11.0. The van der Waals surface area contributed by atoms with Gasteiger partial charge in [0.2, 0.25) is 0 Å². The number of aliphatic hydroxyl groups is 1. The standard InChI is InChI=1S/C10H20O3/c1-3-12-9(13-4-2)5-6-10(11)7-8-10/h9,11H,3-8H2,1-2H3. The smallest absolute Gasteiger partial charge is 0.157 e. The molecular weight excluding hydrogens is 168 g/mol. The number of hydrogen-bond acceptors (Lipinski definition) is 3. The summed E-state index contributed by atoms with van der Waals surface area (Å²) in [5, 5.41) is 9.60. The molecule has 0 spiro atoms. The Morgan fingerprint density at radius 1 is 1.23 bits per heavy atom. The van der Waals surface area contributed by atoms with Gasteiger partial charge in [-0.1, -0.05) is 0 Å². The van der Waals surface area contributed by atoms with Crippen molar-refractivity contribution in [2.75, 3.05) is 13.2 Å². The Balaban J connectivity index is 2.13. The van der Waals surface area contributed by atoms with Crippen LogP contribution in [0.3, 0.4) is 0 Å². The third-order valence-corrected chi connectivity index (χ3v) is 2.38. The molecule has 1 rings (SSSR count). The zero-order valence-corrected chi connectivity index (χ0v) is 8.58. The summed E-state index contributed by atoms with van der Waals surface area (Å²) in [4.78, 5) is 0. The zero-order valence-electron chi connectivity index (χ0n) is 8.58. The molecule has 0 saturated heterocycles. The molecule has 3 heteroatoms. The molecule has 1 aliphatic rings. The van der Waals surface area contributed by atoms with Crippen LogP contribution in [0.15, 0.2) is 0 Å². The fourth-order valence-electron chi connectivity index (χ4n) is 1.37. The highest BCUT2D eigenvalue weighted by Gasteiger charge is 2.40. The molecule has 0 aromatic heterocycles. The molecule has 0 atom stereocenters. The fourth-order valence-corrected chi connectivity index (χ4v) is 1.37. The van der Waals surface area contributed by atoms with Gasteiger partial charge in [0.15, 0.2) is 6.29 Å². The molecule has 1 N–H and O–H groups in total. The molecule has 0 amide bonds. The molecule has 1 aliphatic carbocycles. The van der Waals surface area contributed by atoms with Gasteiger partial charge in [-0.2, -0.15) is 0 Å². The lowest BCUT2D eigenvalue weighted by Crippen LogP contribution is -2.20. The highest BCUT2D eigenvalue weighted by molar-refractivity contribution is 4.92. The normalized spacial score (nSPS) is 19.4. The van der Waals surface area contributed by atoms with E-state index in [0.29, 0.717) is 13.2 Å². The Hall–Kier alpha value is -0.120. The molecule has 1 saturated carbocycles. The average Bonchev–Trinajstić information content (AvgIpc) is 2.82. The summed E-state index contributed by atoms with van der Waals surface area (Å²) >= 11 is 0. The molecule has 13 heavy (non-hydrogen) atoms. The van der Waals surface area contributed by atoms with Crippen LogP contribution in [0, 0.1) is 0 Å². The van der Waals surface area contributed by atoms with Crippen LogP contribution in [0.2, 0.25) is 0 Å². The first-order chi connectivity index (χ1) is 6.20. The van der Waals surface area contributed by atoms with Crippen molar-refractivity contribution in [3.8, 4) is 0 Å². The van der Waals surface area contributed by atoms with Gasteiger partial charge in [0.1, 0.15) is 0 Å². The van der Waals surface area contributed by atoms with Gasteiger partial charge in [-0.15, -0.1) is 0 Å². The summed E-state index contributed by atoms with van der Waals surface area (Å²) in [5.74, 6) is 0.